The summed E-state index contributed by atoms with van der Waals surface area (Å²) in [4.78, 5) is 4.74. The van der Waals surface area contributed by atoms with Crippen molar-refractivity contribution in [2.75, 3.05) is 26.2 Å². The molecule has 0 heterocycles. The van der Waals surface area contributed by atoms with Crippen molar-refractivity contribution in [3.8, 4) is 6.07 Å². The maximum absolute atomic E-state index is 8.32. The summed E-state index contributed by atoms with van der Waals surface area (Å²) in [6.45, 7) is 4.89. The maximum atomic E-state index is 8.32. The molecule has 66 valence electrons. The topological polar surface area (TPSA) is 75.8 Å². The van der Waals surface area contributed by atoms with Gasteiger partial charge in [-0.3, -0.25) is 0 Å². The Morgan fingerprint density at radius 3 is 2.83 bits per heavy atom. The van der Waals surface area contributed by atoms with Gasteiger partial charge in [0.25, 0.3) is 0 Å². The second-order valence-corrected chi connectivity index (χ2v) is 2.30. The van der Waals surface area contributed by atoms with E-state index in [2.05, 4.69) is 21.0 Å². The van der Waals surface area contributed by atoms with Crippen LogP contribution in [-0.2, 0) is 0 Å². The fourth-order valence-corrected chi connectivity index (χ4v) is 0.867. The summed E-state index contributed by atoms with van der Waals surface area (Å²) in [6.07, 6.45) is 0.532. The second-order valence-electron chi connectivity index (χ2n) is 2.30. The van der Waals surface area contributed by atoms with E-state index < -0.39 is 0 Å². The van der Waals surface area contributed by atoms with Gasteiger partial charge in [0.05, 0.1) is 6.07 Å². The highest BCUT2D eigenvalue weighted by Gasteiger charge is 1.98. The molecule has 0 aliphatic heterocycles. The van der Waals surface area contributed by atoms with Gasteiger partial charge in [-0.2, -0.15) is 5.26 Å². The van der Waals surface area contributed by atoms with E-state index in [1.807, 2.05) is 6.92 Å². The van der Waals surface area contributed by atoms with E-state index in [0.717, 1.165) is 19.6 Å². The fourth-order valence-electron chi connectivity index (χ4n) is 0.867. The standard InChI is InChI=1S/C7H13N5/c1-2-12(6-3-4-8)7-5-10-11-9/h2-3,5-7H2,1H3. The van der Waals surface area contributed by atoms with Gasteiger partial charge in [-0.1, -0.05) is 12.0 Å². The van der Waals surface area contributed by atoms with Gasteiger partial charge in [0.15, 0.2) is 0 Å². The summed E-state index contributed by atoms with van der Waals surface area (Å²) in [7, 11) is 0. The maximum Gasteiger partial charge on any atom is 0.0635 e. The molecule has 0 atom stereocenters. The number of rotatable bonds is 6. The number of hydrogen-bond acceptors (Lipinski definition) is 3. The van der Waals surface area contributed by atoms with Crippen LogP contribution in [0.1, 0.15) is 13.3 Å². The van der Waals surface area contributed by atoms with E-state index in [4.69, 9.17) is 10.8 Å². The number of likely N-dealkylation sites (N-methyl/N-ethyl adjacent to an activating group) is 1. The molecule has 0 fully saturated rings. The van der Waals surface area contributed by atoms with E-state index in [-0.39, 0.29) is 0 Å². The molecule has 0 N–H and O–H groups in total. The molecule has 0 bridgehead atoms. The van der Waals surface area contributed by atoms with Crippen molar-refractivity contribution in [2.24, 2.45) is 5.11 Å². The van der Waals surface area contributed by atoms with Gasteiger partial charge in [0.1, 0.15) is 0 Å². The largest absolute Gasteiger partial charge is 0.302 e. The first-order valence-electron chi connectivity index (χ1n) is 3.95. The number of nitrogens with zero attached hydrogens (tertiary/aromatic N) is 5. The Morgan fingerprint density at radius 1 is 1.58 bits per heavy atom. The van der Waals surface area contributed by atoms with E-state index in [0.29, 0.717) is 13.0 Å². The van der Waals surface area contributed by atoms with Crippen molar-refractivity contribution in [3.05, 3.63) is 10.4 Å². The first kappa shape index (κ1) is 10.8. The van der Waals surface area contributed by atoms with Crippen LogP contribution in [0.4, 0.5) is 0 Å². The summed E-state index contributed by atoms with van der Waals surface area (Å²) < 4.78 is 0. The zero-order chi connectivity index (χ0) is 9.23. The van der Waals surface area contributed by atoms with Gasteiger partial charge in [-0.25, -0.2) is 0 Å². The molecule has 0 rings (SSSR count). The minimum Gasteiger partial charge on any atom is -0.302 e. The van der Waals surface area contributed by atoms with Crippen LogP contribution in [0.3, 0.4) is 0 Å². The fraction of sp³-hybridized carbons (Fsp3) is 0.857. The summed E-state index contributed by atoms with van der Waals surface area (Å²) in [5, 5.41) is 11.7. The lowest BCUT2D eigenvalue weighted by atomic mass is 10.4. The van der Waals surface area contributed by atoms with Gasteiger partial charge in [0.2, 0.25) is 0 Å². The lowest BCUT2D eigenvalue weighted by Gasteiger charge is -2.16. The van der Waals surface area contributed by atoms with E-state index in [1.165, 1.54) is 0 Å². The normalized spacial score (nSPS) is 9.08. The van der Waals surface area contributed by atoms with Crippen LogP contribution in [0.15, 0.2) is 5.11 Å². The van der Waals surface area contributed by atoms with Crippen LogP contribution in [0.2, 0.25) is 0 Å². The third-order valence-corrected chi connectivity index (χ3v) is 1.57. The summed E-state index contributed by atoms with van der Waals surface area (Å²) >= 11 is 0. The average molecular weight is 167 g/mol. The molecule has 5 heteroatoms. The lowest BCUT2D eigenvalue weighted by molar-refractivity contribution is 0.303. The highest BCUT2D eigenvalue weighted by molar-refractivity contribution is 4.72. The molecular formula is C7H13N5. The van der Waals surface area contributed by atoms with Crippen molar-refractivity contribution in [3.63, 3.8) is 0 Å². The predicted molar refractivity (Wildman–Crippen MR) is 46.4 cm³/mol. The van der Waals surface area contributed by atoms with Crippen molar-refractivity contribution in [1.82, 2.24) is 4.90 Å². The van der Waals surface area contributed by atoms with Gasteiger partial charge in [-0.15, -0.1) is 0 Å². The van der Waals surface area contributed by atoms with Crippen LogP contribution in [0.5, 0.6) is 0 Å². The zero-order valence-electron chi connectivity index (χ0n) is 7.27. The van der Waals surface area contributed by atoms with Crippen LogP contribution in [-0.4, -0.2) is 31.1 Å². The Balaban J connectivity index is 3.53. The Kier molecular flexibility index (Phi) is 7.05. The van der Waals surface area contributed by atoms with Gasteiger partial charge < -0.3 is 4.90 Å². The third-order valence-electron chi connectivity index (χ3n) is 1.57. The van der Waals surface area contributed by atoms with Crippen LogP contribution in [0.25, 0.3) is 10.4 Å². The summed E-state index contributed by atoms with van der Waals surface area (Å²) in [6, 6.07) is 2.08. The summed E-state index contributed by atoms with van der Waals surface area (Å²) in [5.74, 6) is 0. The van der Waals surface area contributed by atoms with Gasteiger partial charge in [-0.05, 0) is 12.1 Å². The molecule has 0 unspecified atom stereocenters. The molecular weight excluding hydrogens is 154 g/mol. The van der Waals surface area contributed by atoms with E-state index in [9.17, 15) is 0 Å². The molecule has 12 heavy (non-hydrogen) atoms. The predicted octanol–water partition coefficient (Wildman–Crippen LogP) is 1.53. The van der Waals surface area contributed by atoms with Crippen LogP contribution < -0.4 is 0 Å². The highest BCUT2D eigenvalue weighted by atomic mass is 15.2. The zero-order valence-corrected chi connectivity index (χ0v) is 7.27. The number of nitriles is 1. The molecule has 0 saturated heterocycles. The molecule has 0 radical (unpaired) electrons. The number of azide groups is 1. The molecule has 0 spiro atoms. The lowest BCUT2D eigenvalue weighted by Crippen LogP contribution is -2.26. The Labute approximate surface area is 72.2 Å². The van der Waals surface area contributed by atoms with Crippen LogP contribution >= 0.6 is 0 Å². The first-order chi connectivity index (χ1) is 5.85. The second kappa shape index (κ2) is 7.86. The number of hydrogen-bond donors (Lipinski definition) is 0. The smallest absolute Gasteiger partial charge is 0.0635 e. The van der Waals surface area contributed by atoms with E-state index >= 15 is 0 Å². The Hall–Kier alpha value is -1.24. The molecule has 0 aromatic heterocycles. The molecule has 0 saturated carbocycles. The van der Waals surface area contributed by atoms with Crippen molar-refractivity contribution >= 4 is 0 Å². The third kappa shape index (κ3) is 5.54. The van der Waals surface area contributed by atoms with Crippen LogP contribution in [0, 0.1) is 11.3 Å². The molecule has 0 amide bonds. The van der Waals surface area contributed by atoms with E-state index in [1.54, 1.807) is 0 Å². The highest BCUT2D eigenvalue weighted by Crippen LogP contribution is 1.90. The molecule has 5 nitrogen and oxygen atoms in total. The Morgan fingerprint density at radius 2 is 2.33 bits per heavy atom. The quantitative estimate of drug-likeness (QED) is 0.341. The average Bonchev–Trinajstić information content (AvgIpc) is 2.11. The monoisotopic (exact) mass is 167 g/mol. The molecule has 0 aliphatic rings. The minimum absolute atomic E-state index is 0.482. The molecule has 0 aliphatic carbocycles. The van der Waals surface area contributed by atoms with Gasteiger partial charge >= 0.3 is 0 Å². The Bertz CT molecular complexity index is 188. The summed E-state index contributed by atoms with van der Waals surface area (Å²) in [5.41, 5.74) is 8.02. The minimum atomic E-state index is 0.482. The van der Waals surface area contributed by atoms with Crippen molar-refractivity contribution < 1.29 is 0 Å². The van der Waals surface area contributed by atoms with Crippen molar-refractivity contribution in [2.45, 2.75) is 13.3 Å². The van der Waals surface area contributed by atoms with Gasteiger partial charge in [0, 0.05) is 31.0 Å². The first-order valence-corrected chi connectivity index (χ1v) is 3.95. The molecule has 0 aromatic rings. The molecule has 0 aromatic carbocycles. The SMILES string of the molecule is CCN(CCC#N)CCN=[N+]=[N-]. The van der Waals surface area contributed by atoms with Crippen molar-refractivity contribution in [1.29, 1.82) is 5.26 Å².